The fourth-order valence-electron chi connectivity index (χ4n) is 4.53. The van der Waals surface area contributed by atoms with Crippen molar-refractivity contribution in [1.29, 1.82) is 0 Å². The molecule has 4 rings (SSSR count). The van der Waals surface area contributed by atoms with Gasteiger partial charge in [0.2, 0.25) is 10.0 Å². The summed E-state index contributed by atoms with van der Waals surface area (Å²) in [4.78, 5) is 0.403. The number of benzene rings is 1. The Morgan fingerprint density at radius 2 is 1.67 bits per heavy atom. The molecule has 6 nitrogen and oxygen atoms in total. The number of hydrogen-bond donors (Lipinski definition) is 0. The van der Waals surface area contributed by atoms with Crippen molar-refractivity contribution in [3.05, 3.63) is 42.0 Å². The third kappa shape index (κ3) is 3.80. The Balaban J connectivity index is 1.51. The zero-order valence-corrected chi connectivity index (χ0v) is 16.7. The predicted molar refractivity (Wildman–Crippen MR) is 104 cm³/mol. The van der Waals surface area contributed by atoms with Gasteiger partial charge >= 0.3 is 0 Å². The van der Waals surface area contributed by atoms with Gasteiger partial charge in [-0.1, -0.05) is 31.4 Å². The van der Waals surface area contributed by atoms with E-state index < -0.39 is 10.0 Å². The largest absolute Gasteiger partial charge is 0.320 e. The molecule has 0 radical (unpaired) electrons. The molecular weight excluding hydrogens is 360 g/mol. The minimum Gasteiger partial charge on any atom is -0.320 e. The minimum absolute atomic E-state index is 0.0996. The van der Waals surface area contributed by atoms with Crippen LogP contribution in [0.4, 0.5) is 0 Å². The van der Waals surface area contributed by atoms with E-state index in [0.717, 1.165) is 18.7 Å². The average Bonchev–Trinajstić information content (AvgIpc) is 3.15. The highest BCUT2D eigenvalue weighted by Gasteiger charge is 2.32. The van der Waals surface area contributed by atoms with Crippen LogP contribution in [0.1, 0.15) is 68.2 Å². The molecule has 27 heavy (non-hydrogen) atoms. The van der Waals surface area contributed by atoms with Gasteiger partial charge in [-0.3, -0.25) is 0 Å². The quantitative estimate of drug-likeness (QED) is 0.805. The van der Waals surface area contributed by atoms with E-state index >= 15 is 0 Å². The lowest BCUT2D eigenvalue weighted by Crippen LogP contribution is -2.39. The first-order valence-corrected chi connectivity index (χ1v) is 11.4. The van der Waals surface area contributed by atoms with Crippen LogP contribution < -0.4 is 0 Å². The molecule has 2 fully saturated rings. The molecule has 1 aromatic carbocycles. The average molecular weight is 389 g/mol. The van der Waals surface area contributed by atoms with Gasteiger partial charge < -0.3 is 4.57 Å². The first-order chi connectivity index (χ1) is 13.1. The summed E-state index contributed by atoms with van der Waals surface area (Å²) in [7, 11) is -1.56. The monoisotopic (exact) mass is 388 g/mol. The van der Waals surface area contributed by atoms with Gasteiger partial charge in [0.05, 0.1) is 4.90 Å². The van der Waals surface area contributed by atoms with Crippen molar-refractivity contribution >= 4 is 10.0 Å². The maximum Gasteiger partial charge on any atom is 0.243 e. The number of nitrogens with zero attached hydrogens (tertiary/aromatic N) is 4. The van der Waals surface area contributed by atoms with Gasteiger partial charge in [0, 0.05) is 26.1 Å². The van der Waals surface area contributed by atoms with Crippen LogP contribution in [0.15, 0.2) is 35.5 Å². The Morgan fingerprint density at radius 3 is 2.33 bits per heavy atom. The molecule has 146 valence electrons. The van der Waals surface area contributed by atoms with Crippen LogP contribution in [0.25, 0.3) is 0 Å². The summed E-state index contributed by atoms with van der Waals surface area (Å²) in [6.45, 7) is 1.04. The fraction of sp³-hybridized carbons (Fsp3) is 0.600. The van der Waals surface area contributed by atoms with E-state index in [0.29, 0.717) is 23.9 Å². The van der Waals surface area contributed by atoms with Crippen molar-refractivity contribution in [2.24, 2.45) is 7.05 Å². The van der Waals surface area contributed by atoms with Crippen LogP contribution >= 0.6 is 0 Å². The van der Waals surface area contributed by atoms with E-state index in [-0.39, 0.29) is 5.92 Å². The molecule has 1 saturated heterocycles. The molecule has 0 spiro atoms. The highest BCUT2D eigenvalue weighted by atomic mass is 32.2. The third-order valence-electron chi connectivity index (χ3n) is 6.09. The molecule has 2 aromatic rings. The highest BCUT2D eigenvalue weighted by molar-refractivity contribution is 7.89. The predicted octanol–water partition coefficient (Wildman–Crippen LogP) is 3.43. The van der Waals surface area contributed by atoms with Crippen molar-refractivity contribution in [3.63, 3.8) is 0 Å². The van der Waals surface area contributed by atoms with Crippen molar-refractivity contribution < 1.29 is 8.42 Å². The van der Waals surface area contributed by atoms with Gasteiger partial charge in [-0.05, 0) is 49.3 Å². The van der Waals surface area contributed by atoms with E-state index in [1.165, 1.54) is 37.7 Å². The van der Waals surface area contributed by atoms with Crippen molar-refractivity contribution in [2.75, 3.05) is 13.1 Å². The van der Waals surface area contributed by atoms with Gasteiger partial charge in [-0.25, -0.2) is 8.42 Å². The normalized spacial score (nSPS) is 22.8. The maximum atomic E-state index is 13.2. The van der Waals surface area contributed by atoms with Crippen LogP contribution in [-0.4, -0.2) is 40.6 Å². The van der Waals surface area contributed by atoms with E-state index in [1.807, 2.05) is 23.7 Å². The summed E-state index contributed by atoms with van der Waals surface area (Å²) in [6.07, 6.45) is 9.78. The van der Waals surface area contributed by atoms with Gasteiger partial charge in [0.15, 0.2) is 0 Å². The lowest BCUT2D eigenvalue weighted by Gasteiger charge is -2.31. The van der Waals surface area contributed by atoms with Gasteiger partial charge in [0.25, 0.3) is 0 Å². The Morgan fingerprint density at radius 1 is 0.963 bits per heavy atom. The molecule has 1 aliphatic heterocycles. The van der Waals surface area contributed by atoms with Gasteiger partial charge in [-0.2, -0.15) is 4.31 Å². The molecule has 0 amide bonds. The Hall–Kier alpha value is -1.73. The molecule has 7 heteroatoms. The second kappa shape index (κ2) is 7.72. The summed E-state index contributed by atoms with van der Waals surface area (Å²) in [5, 5.41) is 8.12. The highest BCUT2D eigenvalue weighted by Crippen LogP contribution is 2.34. The van der Waals surface area contributed by atoms with Gasteiger partial charge in [-0.15, -0.1) is 10.2 Å². The molecule has 1 aromatic heterocycles. The topological polar surface area (TPSA) is 68.1 Å². The molecule has 1 aliphatic carbocycles. The Labute approximate surface area is 161 Å². The molecule has 1 saturated carbocycles. The Bertz CT molecular complexity index is 870. The first kappa shape index (κ1) is 18.6. The SMILES string of the molecule is Cn1cnnc1[C@H]1CCCN(S(=O)(=O)c2ccc(C3CCCCC3)cc2)C1. The zero-order chi connectivity index (χ0) is 18.9. The van der Waals surface area contributed by atoms with E-state index in [2.05, 4.69) is 10.2 Å². The number of aryl methyl sites for hydroxylation is 1. The summed E-state index contributed by atoms with van der Waals surface area (Å²) in [6, 6.07) is 7.64. The smallest absolute Gasteiger partial charge is 0.243 e. The van der Waals surface area contributed by atoms with E-state index in [9.17, 15) is 8.42 Å². The van der Waals surface area contributed by atoms with Crippen molar-refractivity contribution in [2.45, 2.75) is 61.7 Å². The van der Waals surface area contributed by atoms with Crippen LogP contribution in [0.2, 0.25) is 0 Å². The zero-order valence-electron chi connectivity index (χ0n) is 15.9. The first-order valence-electron chi connectivity index (χ1n) is 10.00. The molecule has 2 heterocycles. The number of rotatable bonds is 4. The lowest BCUT2D eigenvalue weighted by molar-refractivity contribution is 0.306. The molecule has 0 unspecified atom stereocenters. The summed E-state index contributed by atoms with van der Waals surface area (Å²) in [5.41, 5.74) is 1.28. The summed E-state index contributed by atoms with van der Waals surface area (Å²) < 4.78 is 29.8. The number of piperidine rings is 1. The molecule has 2 aliphatic rings. The van der Waals surface area contributed by atoms with Crippen molar-refractivity contribution in [3.8, 4) is 0 Å². The maximum absolute atomic E-state index is 13.2. The summed E-state index contributed by atoms with van der Waals surface area (Å²) >= 11 is 0. The van der Waals surface area contributed by atoms with E-state index in [1.54, 1.807) is 22.8 Å². The van der Waals surface area contributed by atoms with Crippen molar-refractivity contribution in [1.82, 2.24) is 19.1 Å². The van der Waals surface area contributed by atoms with Crippen LogP contribution in [0.3, 0.4) is 0 Å². The summed E-state index contributed by atoms with van der Waals surface area (Å²) in [5.74, 6) is 1.55. The lowest BCUT2D eigenvalue weighted by atomic mass is 9.84. The second-order valence-electron chi connectivity index (χ2n) is 7.91. The number of hydrogen-bond acceptors (Lipinski definition) is 4. The second-order valence-corrected chi connectivity index (χ2v) is 9.84. The molecule has 1 atom stereocenters. The fourth-order valence-corrected chi connectivity index (χ4v) is 6.05. The van der Waals surface area contributed by atoms with Crippen LogP contribution in [0, 0.1) is 0 Å². The molecular formula is C20H28N4O2S. The van der Waals surface area contributed by atoms with Gasteiger partial charge in [0.1, 0.15) is 12.2 Å². The standard InChI is InChI=1S/C20H28N4O2S/c1-23-15-21-22-20(23)18-8-5-13-24(14-18)27(25,26)19-11-9-17(10-12-19)16-6-3-2-4-7-16/h9-12,15-16,18H,2-8,13-14H2,1H3/t18-/m0/s1. The third-order valence-corrected chi connectivity index (χ3v) is 7.97. The van der Waals surface area contributed by atoms with Crippen LogP contribution in [-0.2, 0) is 17.1 Å². The van der Waals surface area contributed by atoms with E-state index in [4.69, 9.17) is 0 Å². The Kier molecular flexibility index (Phi) is 5.32. The van der Waals surface area contributed by atoms with Crippen LogP contribution in [0.5, 0.6) is 0 Å². The molecule has 0 N–H and O–H groups in total. The number of sulfonamides is 1. The molecule has 0 bridgehead atoms. The number of aromatic nitrogens is 3. The minimum atomic E-state index is -3.47.